The molecule has 0 bridgehead atoms. The van der Waals surface area contributed by atoms with Crippen LogP contribution in [-0.2, 0) is 4.74 Å². The van der Waals surface area contributed by atoms with Crippen LogP contribution in [0.25, 0.3) is 0 Å². The monoisotopic (exact) mass is 368 g/mol. The standard InChI is InChI=1S/C20H40N4O2/c1-2-21-19(22-11-6-7-12-24-13-16-26-17-14-24)23-18-20(10-15-25)8-4-3-5-9-20/h25H,2-18H2,1H3,(H2,21,22,23). The van der Waals surface area contributed by atoms with E-state index in [4.69, 9.17) is 9.73 Å². The lowest BCUT2D eigenvalue weighted by molar-refractivity contribution is 0.0372. The summed E-state index contributed by atoms with van der Waals surface area (Å²) in [6, 6.07) is 0. The third-order valence-corrected chi connectivity index (χ3v) is 5.77. The number of aliphatic hydroxyl groups is 1. The molecule has 6 nitrogen and oxygen atoms in total. The Kier molecular flexibility index (Phi) is 10.3. The number of nitrogens with one attached hydrogen (secondary N) is 2. The van der Waals surface area contributed by atoms with E-state index < -0.39 is 0 Å². The summed E-state index contributed by atoms with van der Waals surface area (Å²) in [6.07, 6.45) is 9.55. The lowest BCUT2D eigenvalue weighted by Gasteiger charge is -2.35. The lowest BCUT2D eigenvalue weighted by Crippen LogP contribution is -2.40. The number of hydrogen-bond acceptors (Lipinski definition) is 4. The van der Waals surface area contributed by atoms with Crippen LogP contribution in [-0.4, -0.2) is 75.1 Å². The van der Waals surface area contributed by atoms with Crippen molar-refractivity contribution in [2.75, 3.05) is 59.1 Å². The highest BCUT2D eigenvalue weighted by Gasteiger charge is 2.31. The van der Waals surface area contributed by atoms with Crippen LogP contribution in [0.3, 0.4) is 0 Å². The van der Waals surface area contributed by atoms with Crippen molar-refractivity contribution in [2.24, 2.45) is 10.4 Å². The summed E-state index contributed by atoms with van der Waals surface area (Å²) in [6.45, 7) is 10.1. The molecule has 2 rings (SSSR count). The van der Waals surface area contributed by atoms with Crippen LogP contribution in [0.4, 0.5) is 0 Å². The summed E-state index contributed by atoms with van der Waals surface area (Å²) in [7, 11) is 0. The molecule has 1 aliphatic heterocycles. The minimum atomic E-state index is 0.214. The van der Waals surface area contributed by atoms with Crippen molar-refractivity contribution in [3.8, 4) is 0 Å². The van der Waals surface area contributed by atoms with E-state index in [1.807, 2.05) is 0 Å². The zero-order chi connectivity index (χ0) is 18.5. The van der Waals surface area contributed by atoms with Crippen LogP contribution in [0.2, 0.25) is 0 Å². The van der Waals surface area contributed by atoms with Crippen molar-refractivity contribution >= 4 is 5.96 Å². The minimum Gasteiger partial charge on any atom is -0.396 e. The van der Waals surface area contributed by atoms with Gasteiger partial charge in [-0.25, -0.2) is 0 Å². The van der Waals surface area contributed by atoms with Gasteiger partial charge < -0.3 is 20.5 Å². The number of guanidine groups is 1. The van der Waals surface area contributed by atoms with E-state index in [1.165, 1.54) is 45.1 Å². The number of aliphatic hydroxyl groups excluding tert-OH is 1. The molecular formula is C20H40N4O2. The third-order valence-electron chi connectivity index (χ3n) is 5.77. The van der Waals surface area contributed by atoms with Crippen LogP contribution in [0, 0.1) is 5.41 Å². The van der Waals surface area contributed by atoms with Crippen molar-refractivity contribution < 1.29 is 9.84 Å². The number of ether oxygens (including phenoxy) is 1. The predicted molar refractivity (Wildman–Crippen MR) is 108 cm³/mol. The van der Waals surface area contributed by atoms with Gasteiger partial charge in [-0.1, -0.05) is 19.3 Å². The predicted octanol–water partition coefficient (Wildman–Crippen LogP) is 1.99. The maximum absolute atomic E-state index is 9.47. The number of aliphatic imine (C=N–C) groups is 1. The molecule has 26 heavy (non-hydrogen) atoms. The van der Waals surface area contributed by atoms with Gasteiger partial charge in [0, 0.05) is 39.3 Å². The van der Waals surface area contributed by atoms with E-state index in [1.54, 1.807) is 0 Å². The van der Waals surface area contributed by atoms with Crippen LogP contribution in [0.1, 0.15) is 58.3 Å². The first-order chi connectivity index (χ1) is 12.8. The van der Waals surface area contributed by atoms with Crippen LogP contribution in [0.5, 0.6) is 0 Å². The van der Waals surface area contributed by atoms with E-state index in [0.29, 0.717) is 0 Å². The van der Waals surface area contributed by atoms with Gasteiger partial charge in [0.05, 0.1) is 13.2 Å². The van der Waals surface area contributed by atoms with Gasteiger partial charge in [0.25, 0.3) is 0 Å². The highest BCUT2D eigenvalue weighted by Crippen LogP contribution is 2.39. The molecular weight excluding hydrogens is 328 g/mol. The van der Waals surface area contributed by atoms with Crippen molar-refractivity contribution in [1.29, 1.82) is 0 Å². The Labute approximate surface area is 159 Å². The largest absolute Gasteiger partial charge is 0.396 e. The first-order valence-electron chi connectivity index (χ1n) is 10.7. The minimum absolute atomic E-state index is 0.214. The fourth-order valence-corrected chi connectivity index (χ4v) is 4.11. The Morgan fingerprint density at radius 2 is 1.88 bits per heavy atom. The quantitative estimate of drug-likeness (QED) is 0.313. The Morgan fingerprint density at radius 3 is 2.58 bits per heavy atom. The summed E-state index contributed by atoms with van der Waals surface area (Å²) >= 11 is 0. The van der Waals surface area contributed by atoms with Gasteiger partial charge in [-0.2, -0.15) is 0 Å². The second-order valence-corrected chi connectivity index (χ2v) is 7.82. The Hall–Kier alpha value is -0.850. The molecule has 1 saturated carbocycles. The van der Waals surface area contributed by atoms with Crippen LogP contribution in [0.15, 0.2) is 4.99 Å². The molecule has 0 unspecified atom stereocenters. The molecule has 2 aliphatic rings. The fraction of sp³-hybridized carbons (Fsp3) is 0.950. The molecule has 0 aromatic rings. The van der Waals surface area contributed by atoms with Gasteiger partial charge in [-0.05, 0) is 51.0 Å². The maximum Gasteiger partial charge on any atom is 0.191 e. The van der Waals surface area contributed by atoms with Crippen LogP contribution >= 0.6 is 0 Å². The van der Waals surface area contributed by atoms with E-state index in [2.05, 4.69) is 22.5 Å². The lowest BCUT2D eigenvalue weighted by atomic mass is 9.72. The van der Waals surface area contributed by atoms with Gasteiger partial charge >= 0.3 is 0 Å². The maximum atomic E-state index is 9.47. The smallest absolute Gasteiger partial charge is 0.191 e. The van der Waals surface area contributed by atoms with Gasteiger partial charge in [0.2, 0.25) is 0 Å². The highest BCUT2D eigenvalue weighted by molar-refractivity contribution is 5.79. The zero-order valence-corrected chi connectivity index (χ0v) is 16.8. The molecule has 0 spiro atoms. The topological polar surface area (TPSA) is 69.1 Å². The average Bonchev–Trinajstić information content (AvgIpc) is 2.67. The third kappa shape index (κ3) is 7.80. The highest BCUT2D eigenvalue weighted by atomic mass is 16.5. The van der Waals surface area contributed by atoms with Crippen molar-refractivity contribution in [1.82, 2.24) is 15.5 Å². The molecule has 0 aromatic heterocycles. The molecule has 3 N–H and O–H groups in total. The first kappa shape index (κ1) is 21.5. The van der Waals surface area contributed by atoms with Crippen molar-refractivity contribution in [3.63, 3.8) is 0 Å². The molecule has 1 saturated heterocycles. The SMILES string of the molecule is CCNC(=NCC1(CCO)CCCCC1)NCCCCN1CCOCC1. The number of hydrogen-bond donors (Lipinski definition) is 3. The van der Waals surface area contributed by atoms with E-state index >= 15 is 0 Å². The summed E-state index contributed by atoms with van der Waals surface area (Å²) in [5.41, 5.74) is 0.214. The van der Waals surface area contributed by atoms with Crippen molar-refractivity contribution in [3.05, 3.63) is 0 Å². The zero-order valence-electron chi connectivity index (χ0n) is 16.8. The Morgan fingerprint density at radius 1 is 1.12 bits per heavy atom. The van der Waals surface area contributed by atoms with Gasteiger partial charge in [0.1, 0.15) is 0 Å². The normalized spacial score (nSPS) is 21.5. The number of unbranched alkanes of at least 4 members (excludes halogenated alkanes) is 1. The number of rotatable bonds is 10. The van der Waals surface area contributed by atoms with E-state index in [-0.39, 0.29) is 12.0 Å². The molecule has 0 aromatic carbocycles. The number of morpholine rings is 1. The Bertz CT molecular complexity index is 386. The fourth-order valence-electron chi connectivity index (χ4n) is 4.11. The van der Waals surface area contributed by atoms with Crippen molar-refractivity contribution in [2.45, 2.75) is 58.3 Å². The molecule has 6 heteroatoms. The van der Waals surface area contributed by atoms with Crippen LogP contribution < -0.4 is 10.6 Å². The summed E-state index contributed by atoms with van der Waals surface area (Å²) < 4.78 is 5.39. The van der Waals surface area contributed by atoms with Gasteiger partial charge in [-0.3, -0.25) is 9.89 Å². The second-order valence-electron chi connectivity index (χ2n) is 7.82. The number of nitrogens with zero attached hydrogens (tertiary/aromatic N) is 2. The Balaban J connectivity index is 1.70. The molecule has 0 amide bonds. The molecule has 1 heterocycles. The molecule has 152 valence electrons. The summed E-state index contributed by atoms with van der Waals surface area (Å²) in [4.78, 5) is 7.36. The molecule has 2 fully saturated rings. The summed E-state index contributed by atoms with van der Waals surface area (Å²) in [5, 5.41) is 16.3. The van der Waals surface area contributed by atoms with E-state index in [9.17, 15) is 5.11 Å². The average molecular weight is 369 g/mol. The van der Waals surface area contributed by atoms with E-state index in [0.717, 1.165) is 64.7 Å². The molecule has 0 atom stereocenters. The second kappa shape index (κ2) is 12.5. The van der Waals surface area contributed by atoms with Gasteiger partial charge in [-0.15, -0.1) is 0 Å². The first-order valence-corrected chi connectivity index (χ1v) is 10.7. The summed E-state index contributed by atoms with van der Waals surface area (Å²) in [5.74, 6) is 0.932. The molecule has 1 aliphatic carbocycles. The molecule has 0 radical (unpaired) electrons. The van der Waals surface area contributed by atoms with Gasteiger partial charge in [0.15, 0.2) is 5.96 Å².